The highest BCUT2D eigenvalue weighted by Crippen LogP contribution is 2.30. The second-order valence-electron chi connectivity index (χ2n) is 6.02. The number of ether oxygens (including phenoxy) is 1. The molecule has 10 heteroatoms. The van der Waals surface area contributed by atoms with Crippen molar-refractivity contribution in [3.8, 4) is 0 Å². The summed E-state index contributed by atoms with van der Waals surface area (Å²) in [6, 6.07) is 2.59. The average Bonchev–Trinajstić information content (AvgIpc) is 2.33. The molecular weight excluding hydrogens is 371 g/mol. The van der Waals surface area contributed by atoms with Gasteiger partial charge in [-0.3, -0.25) is 0 Å². The zero-order chi connectivity index (χ0) is 18.8. The van der Waals surface area contributed by atoms with Crippen LogP contribution in [0, 0.1) is 0 Å². The molecule has 5 nitrogen and oxygen atoms in total. The molecule has 1 amide bonds. The summed E-state index contributed by atoms with van der Waals surface area (Å²) in [4.78, 5) is 11.8. The summed E-state index contributed by atoms with van der Waals surface area (Å²) < 4.78 is 65.4. The number of carbonyl (C=O) groups excluding carboxylic acids is 1. The molecule has 0 fully saturated rings. The van der Waals surface area contributed by atoms with Gasteiger partial charge in [-0.1, -0.05) is 12.1 Å². The lowest BCUT2D eigenvalue weighted by Gasteiger charge is -2.23. The molecule has 1 aromatic rings. The maximum atomic E-state index is 12.6. The molecule has 0 bridgehead atoms. The largest absolute Gasteiger partial charge is 0.444 e. The van der Waals surface area contributed by atoms with Crippen LogP contribution >= 0.6 is 10.7 Å². The lowest BCUT2D eigenvalue weighted by Crippen LogP contribution is -2.37. The molecule has 0 saturated carbocycles. The summed E-state index contributed by atoms with van der Waals surface area (Å²) in [6.45, 7) is 4.83. The Hall–Kier alpha value is -1.48. The Kier molecular flexibility index (Phi) is 6.15. The van der Waals surface area contributed by atoms with Crippen molar-refractivity contribution in [1.29, 1.82) is 0 Å². The number of halogens is 4. The summed E-state index contributed by atoms with van der Waals surface area (Å²) in [5, 5.41) is 2.30. The molecular formula is C14H17ClF3NO4S. The van der Waals surface area contributed by atoms with Gasteiger partial charge in [0.15, 0.2) is 0 Å². The third-order valence-electron chi connectivity index (χ3n) is 2.70. The Morgan fingerprint density at radius 1 is 1.21 bits per heavy atom. The van der Waals surface area contributed by atoms with Crippen LogP contribution in [-0.4, -0.2) is 25.9 Å². The molecule has 0 spiro atoms. The van der Waals surface area contributed by atoms with E-state index in [1.165, 1.54) is 0 Å². The predicted molar refractivity (Wildman–Crippen MR) is 83.2 cm³/mol. The van der Waals surface area contributed by atoms with Crippen molar-refractivity contribution in [2.45, 2.75) is 38.6 Å². The number of hydrogen-bond acceptors (Lipinski definition) is 4. The predicted octanol–water partition coefficient (Wildman–Crippen LogP) is 3.84. The fraction of sp³-hybridized carbons (Fsp3) is 0.500. The van der Waals surface area contributed by atoms with Crippen molar-refractivity contribution in [2.24, 2.45) is 0 Å². The van der Waals surface area contributed by atoms with E-state index in [0.717, 1.165) is 24.3 Å². The minimum absolute atomic E-state index is 0.151. The fourth-order valence-electron chi connectivity index (χ4n) is 1.77. The van der Waals surface area contributed by atoms with Crippen molar-refractivity contribution in [1.82, 2.24) is 5.32 Å². The molecule has 1 unspecified atom stereocenters. The van der Waals surface area contributed by atoms with Crippen LogP contribution in [0.4, 0.5) is 18.0 Å². The van der Waals surface area contributed by atoms with Crippen LogP contribution in [0.3, 0.4) is 0 Å². The first-order valence-electron chi connectivity index (χ1n) is 6.76. The quantitative estimate of drug-likeness (QED) is 0.797. The lowest BCUT2D eigenvalue weighted by atomic mass is 10.1. The van der Waals surface area contributed by atoms with Gasteiger partial charge in [-0.2, -0.15) is 13.2 Å². The van der Waals surface area contributed by atoms with Gasteiger partial charge in [-0.25, -0.2) is 13.2 Å². The van der Waals surface area contributed by atoms with E-state index in [-0.39, 0.29) is 5.56 Å². The standard InChI is InChI=1S/C14H17ClF3NO4S/c1-13(2,3)23-12(20)19-11(8-24(15,21)22)9-4-6-10(7-5-9)14(16,17)18/h4-7,11H,8H2,1-3H3,(H,19,20). The van der Waals surface area contributed by atoms with Gasteiger partial charge >= 0.3 is 12.3 Å². The molecule has 0 aliphatic heterocycles. The number of carbonyl (C=O) groups is 1. The van der Waals surface area contributed by atoms with E-state index in [1.54, 1.807) is 20.8 Å². The van der Waals surface area contributed by atoms with Crippen LogP contribution in [0.15, 0.2) is 24.3 Å². The summed E-state index contributed by atoms with van der Waals surface area (Å²) >= 11 is 0. The van der Waals surface area contributed by atoms with E-state index < -0.39 is 44.3 Å². The third kappa shape index (κ3) is 7.39. The average molecular weight is 388 g/mol. The number of nitrogens with one attached hydrogen (secondary N) is 1. The summed E-state index contributed by atoms with van der Waals surface area (Å²) in [5.74, 6) is -0.695. The normalized spacial score (nSPS) is 14.1. The second kappa shape index (κ2) is 7.18. The van der Waals surface area contributed by atoms with E-state index in [1.807, 2.05) is 0 Å². The minimum atomic E-state index is -4.52. The number of hydrogen-bond donors (Lipinski definition) is 1. The van der Waals surface area contributed by atoms with Crippen LogP contribution < -0.4 is 5.32 Å². The highest BCUT2D eigenvalue weighted by atomic mass is 35.7. The summed E-state index contributed by atoms with van der Waals surface area (Å²) in [7, 11) is 1.18. The molecule has 1 N–H and O–H groups in total. The molecule has 0 aliphatic carbocycles. The number of alkyl carbamates (subject to hydrolysis) is 1. The van der Waals surface area contributed by atoms with Gasteiger partial charge in [0.25, 0.3) is 0 Å². The molecule has 0 heterocycles. The molecule has 0 aromatic heterocycles. The first-order chi connectivity index (χ1) is 10.7. The molecule has 0 radical (unpaired) electrons. The fourth-order valence-corrected chi connectivity index (χ4v) is 2.83. The Morgan fingerprint density at radius 3 is 2.08 bits per heavy atom. The summed E-state index contributed by atoms with van der Waals surface area (Å²) in [5.41, 5.74) is -1.57. The SMILES string of the molecule is CC(C)(C)OC(=O)NC(CS(=O)(=O)Cl)c1ccc(C(F)(F)F)cc1. The monoisotopic (exact) mass is 387 g/mol. The smallest absolute Gasteiger partial charge is 0.416 e. The maximum Gasteiger partial charge on any atom is 0.416 e. The van der Waals surface area contributed by atoms with Gasteiger partial charge in [0, 0.05) is 10.7 Å². The molecule has 24 heavy (non-hydrogen) atoms. The van der Waals surface area contributed by atoms with Crippen molar-refractivity contribution in [3.05, 3.63) is 35.4 Å². The molecule has 1 rings (SSSR count). The Balaban J connectivity index is 3.04. The Morgan fingerprint density at radius 2 is 1.71 bits per heavy atom. The zero-order valence-corrected chi connectivity index (χ0v) is 14.7. The Bertz CT molecular complexity index is 681. The first kappa shape index (κ1) is 20.6. The second-order valence-corrected chi connectivity index (χ2v) is 8.85. The van der Waals surface area contributed by atoms with Crippen molar-refractivity contribution in [2.75, 3.05) is 5.75 Å². The molecule has 0 saturated heterocycles. The van der Waals surface area contributed by atoms with Crippen LogP contribution in [0.2, 0.25) is 0 Å². The molecule has 0 aliphatic rings. The van der Waals surface area contributed by atoms with Crippen LogP contribution in [-0.2, 0) is 20.0 Å². The van der Waals surface area contributed by atoms with Crippen molar-refractivity contribution >= 4 is 25.8 Å². The number of benzene rings is 1. The molecule has 136 valence electrons. The number of rotatable bonds is 4. The van der Waals surface area contributed by atoms with E-state index in [9.17, 15) is 26.4 Å². The maximum absolute atomic E-state index is 12.6. The van der Waals surface area contributed by atoms with Gasteiger partial charge in [0.05, 0.1) is 17.4 Å². The Labute approximate surface area is 142 Å². The highest BCUT2D eigenvalue weighted by Gasteiger charge is 2.31. The van der Waals surface area contributed by atoms with Crippen LogP contribution in [0.1, 0.15) is 37.9 Å². The van der Waals surface area contributed by atoms with Gasteiger partial charge in [0.1, 0.15) is 5.60 Å². The van der Waals surface area contributed by atoms with Gasteiger partial charge in [0.2, 0.25) is 9.05 Å². The third-order valence-corrected chi connectivity index (χ3v) is 3.81. The molecule has 1 aromatic carbocycles. The minimum Gasteiger partial charge on any atom is -0.444 e. The van der Waals surface area contributed by atoms with Gasteiger partial charge < -0.3 is 10.1 Å². The van der Waals surface area contributed by atoms with E-state index in [2.05, 4.69) is 5.32 Å². The van der Waals surface area contributed by atoms with Crippen molar-refractivity contribution in [3.63, 3.8) is 0 Å². The van der Waals surface area contributed by atoms with E-state index in [0.29, 0.717) is 0 Å². The van der Waals surface area contributed by atoms with Gasteiger partial charge in [-0.15, -0.1) is 0 Å². The summed E-state index contributed by atoms with van der Waals surface area (Å²) in [6.07, 6.45) is -5.43. The number of alkyl halides is 3. The van der Waals surface area contributed by atoms with Crippen molar-refractivity contribution < 1.29 is 31.1 Å². The topological polar surface area (TPSA) is 72.5 Å². The number of amides is 1. The lowest BCUT2D eigenvalue weighted by molar-refractivity contribution is -0.137. The highest BCUT2D eigenvalue weighted by molar-refractivity contribution is 8.13. The van der Waals surface area contributed by atoms with Crippen LogP contribution in [0.25, 0.3) is 0 Å². The van der Waals surface area contributed by atoms with E-state index in [4.69, 9.17) is 15.4 Å². The van der Waals surface area contributed by atoms with Crippen LogP contribution in [0.5, 0.6) is 0 Å². The van der Waals surface area contributed by atoms with Gasteiger partial charge in [-0.05, 0) is 38.5 Å². The molecule has 1 atom stereocenters. The van der Waals surface area contributed by atoms with E-state index >= 15 is 0 Å². The first-order valence-corrected chi connectivity index (χ1v) is 9.24. The zero-order valence-electron chi connectivity index (χ0n) is 13.1.